The highest BCUT2D eigenvalue weighted by atomic mass is 19.4. The summed E-state index contributed by atoms with van der Waals surface area (Å²) in [7, 11) is 0. The maximum absolute atomic E-state index is 13.9. The van der Waals surface area contributed by atoms with Crippen LogP contribution in [0.25, 0.3) is 0 Å². The molecule has 2 heterocycles. The summed E-state index contributed by atoms with van der Waals surface area (Å²) in [5, 5.41) is 0. The highest BCUT2D eigenvalue weighted by Crippen LogP contribution is 2.33. The lowest BCUT2D eigenvalue weighted by Gasteiger charge is -2.30. The lowest BCUT2D eigenvalue weighted by atomic mass is 10.1. The summed E-state index contributed by atoms with van der Waals surface area (Å²) in [5.41, 5.74) is 0.127. The van der Waals surface area contributed by atoms with Crippen molar-refractivity contribution in [2.45, 2.75) is 19.3 Å². The van der Waals surface area contributed by atoms with E-state index in [1.807, 2.05) is 4.57 Å². The van der Waals surface area contributed by atoms with Crippen LogP contribution in [0.15, 0.2) is 30.7 Å². The van der Waals surface area contributed by atoms with E-state index in [9.17, 15) is 17.6 Å². The minimum atomic E-state index is -4.53. The van der Waals surface area contributed by atoms with Crippen LogP contribution in [0.4, 0.5) is 23.2 Å². The van der Waals surface area contributed by atoms with Crippen LogP contribution in [0.2, 0.25) is 0 Å². The van der Waals surface area contributed by atoms with Gasteiger partial charge in [0.1, 0.15) is 5.82 Å². The molecule has 1 aliphatic rings. The van der Waals surface area contributed by atoms with Crippen LogP contribution >= 0.6 is 0 Å². The molecule has 2 aromatic rings. The van der Waals surface area contributed by atoms with Crippen molar-refractivity contribution < 1.29 is 17.6 Å². The summed E-state index contributed by atoms with van der Waals surface area (Å²) >= 11 is 0. The van der Waals surface area contributed by atoms with Crippen molar-refractivity contribution in [2.24, 2.45) is 0 Å². The molecule has 0 saturated heterocycles. The number of hydrogen-bond acceptors (Lipinski definition) is 2. The molecule has 0 spiro atoms. The first-order valence-electron chi connectivity index (χ1n) is 6.06. The summed E-state index contributed by atoms with van der Waals surface area (Å²) in [5.74, 6) is -0.854. The maximum atomic E-state index is 13.9. The normalized spacial score (nSPS) is 15.3. The third-order valence-corrected chi connectivity index (χ3v) is 3.38. The third-order valence-electron chi connectivity index (χ3n) is 3.38. The fraction of sp³-hybridized carbons (Fsp3) is 0.308. The van der Waals surface area contributed by atoms with E-state index < -0.39 is 17.6 Å². The van der Waals surface area contributed by atoms with Gasteiger partial charge in [-0.15, -0.1) is 0 Å². The van der Waals surface area contributed by atoms with Gasteiger partial charge in [0, 0.05) is 19.3 Å². The number of nitrogens with zero attached hydrogens (tertiary/aromatic N) is 3. The zero-order chi connectivity index (χ0) is 14.3. The average molecular weight is 285 g/mol. The third kappa shape index (κ3) is 2.23. The molecule has 0 N–H and O–H groups in total. The molecule has 0 atom stereocenters. The molecule has 0 saturated carbocycles. The van der Waals surface area contributed by atoms with Gasteiger partial charge in [-0.05, 0) is 18.2 Å². The molecule has 1 aromatic heterocycles. The molecule has 0 aliphatic carbocycles. The molecular weight excluding hydrogens is 274 g/mol. The number of alkyl halides is 3. The molecule has 0 unspecified atom stereocenters. The number of imidazole rings is 1. The Hall–Kier alpha value is -2.05. The summed E-state index contributed by atoms with van der Waals surface area (Å²) in [6, 6.07) is 2.63. The van der Waals surface area contributed by atoms with Crippen LogP contribution in [-0.4, -0.2) is 16.1 Å². The fourth-order valence-electron chi connectivity index (χ4n) is 2.33. The number of benzene rings is 1. The van der Waals surface area contributed by atoms with Crippen molar-refractivity contribution in [1.29, 1.82) is 0 Å². The van der Waals surface area contributed by atoms with Crippen LogP contribution in [0.1, 0.15) is 11.3 Å². The first-order valence-corrected chi connectivity index (χ1v) is 6.06. The van der Waals surface area contributed by atoms with Crippen molar-refractivity contribution in [1.82, 2.24) is 9.55 Å². The predicted octanol–water partition coefficient (Wildman–Crippen LogP) is 3.06. The lowest BCUT2D eigenvalue weighted by molar-refractivity contribution is -0.137. The van der Waals surface area contributed by atoms with Crippen molar-refractivity contribution in [3.05, 3.63) is 47.8 Å². The Kier molecular flexibility index (Phi) is 2.92. The van der Waals surface area contributed by atoms with Crippen LogP contribution < -0.4 is 4.90 Å². The Bertz CT molecular complexity index is 633. The second kappa shape index (κ2) is 4.50. The molecule has 0 fully saturated rings. The summed E-state index contributed by atoms with van der Waals surface area (Å²) in [4.78, 5) is 5.71. The van der Waals surface area contributed by atoms with Gasteiger partial charge in [0.15, 0.2) is 0 Å². The minimum absolute atomic E-state index is 0.186. The first kappa shape index (κ1) is 13.0. The van der Waals surface area contributed by atoms with E-state index in [1.165, 1.54) is 6.07 Å². The monoisotopic (exact) mass is 285 g/mol. The zero-order valence-electron chi connectivity index (χ0n) is 10.4. The van der Waals surface area contributed by atoms with Crippen molar-refractivity contribution in [2.75, 3.05) is 11.4 Å². The quantitative estimate of drug-likeness (QED) is 0.751. The lowest BCUT2D eigenvalue weighted by Crippen LogP contribution is -2.33. The Morgan fingerprint density at radius 2 is 1.95 bits per heavy atom. The highest BCUT2D eigenvalue weighted by Gasteiger charge is 2.31. The molecule has 0 amide bonds. The number of hydrogen-bond donors (Lipinski definition) is 0. The van der Waals surface area contributed by atoms with Gasteiger partial charge in [0.05, 0.1) is 29.8 Å². The van der Waals surface area contributed by atoms with E-state index >= 15 is 0 Å². The molecule has 1 aliphatic heterocycles. The SMILES string of the molecule is Fc1cc(C(F)(F)F)ccc1N1CCn2cncc2C1. The standard InChI is InChI=1S/C13H11F4N3/c14-11-5-9(13(15,16)17)1-2-12(11)19-3-4-20-8-18-6-10(20)7-19/h1-2,5-6,8H,3-4,7H2. The molecule has 106 valence electrons. The number of halogens is 4. The second-order valence-corrected chi connectivity index (χ2v) is 4.66. The molecule has 3 nitrogen and oxygen atoms in total. The van der Waals surface area contributed by atoms with Gasteiger partial charge >= 0.3 is 6.18 Å². The van der Waals surface area contributed by atoms with Crippen molar-refractivity contribution in [3.8, 4) is 0 Å². The predicted molar refractivity (Wildman–Crippen MR) is 64.7 cm³/mol. The van der Waals surface area contributed by atoms with E-state index in [0.29, 0.717) is 25.7 Å². The van der Waals surface area contributed by atoms with Gasteiger partial charge in [-0.3, -0.25) is 0 Å². The largest absolute Gasteiger partial charge is 0.416 e. The van der Waals surface area contributed by atoms with Crippen LogP contribution in [0, 0.1) is 5.82 Å². The second-order valence-electron chi connectivity index (χ2n) is 4.66. The van der Waals surface area contributed by atoms with Gasteiger partial charge in [-0.2, -0.15) is 13.2 Å². The molecule has 0 bridgehead atoms. The summed E-state index contributed by atoms with van der Waals surface area (Å²) in [6.45, 7) is 1.60. The van der Waals surface area contributed by atoms with Crippen LogP contribution in [0.5, 0.6) is 0 Å². The van der Waals surface area contributed by atoms with E-state index in [0.717, 1.165) is 11.8 Å². The molecular formula is C13H11F4N3. The minimum Gasteiger partial charge on any atom is -0.361 e. The topological polar surface area (TPSA) is 21.1 Å². The summed E-state index contributed by atoms with van der Waals surface area (Å²) < 4.78 is 53.4. The smallest absolute Gasteiger partial charge is 0.361 e. The van der Waals surface area contributed by atoms with Gasteiger partial charge in [-0.1, -0.05) is 0 Å². The van der Waals surface area contributed by atoms with Crippen LogP contribution in [-0.2, 0) is 19.3 Å². The van der Waals surface area contributed by atoms with E-state index in [1.54, 1.807) is 17.4 Å². The molecule has 0 radical (unpaired) electrons. The average Bonchev–Trinajstić information content (AvgIpc) is 2.84. The number of rotatable bonds is 1. The van der Waals surface area contributed by atoms with E-state index in [-0.39, 0.29) is 5.69 Å². The number of fused-ring (bicyclic) bond motifs is 1. The highest BCUT2D eigenvalue weighted by molar-refractivity contribution is 5.50. The first-order chi connectivity index (χ1) is 9.45. The molecule has 1 aromatic carbocycles. The number of aromatic nitrogens is 2. The van der Waals surface area contributed by atoms with Gasteiger partial charge in [-0.25, -0.2) is 9.37 Å². The Morgan fingerprint density at radius 3 is 2.65 bits per heavy atom. The number of anilines is 1. The fourth-order valence-corrected chi connectivity index (χ4v) is 2.33. The summed E-state index contributed by atoms with van der Waals surface area (Å²) in [6.07, 6.45) is -1.16. The Morgan fingerprint density at radius 1 is 1.15 bits per heavy atom. The zero-order valence-corrected chi connectivity index (χ0v) is 10.4. The van der Waals surface area contributed by atoms with E-state index in [4.69, 9.17) is 0 Å². The van der Waals surface area contributed by atoms with Crippen molar-refractivity contribution >= 4 is 5.69 Å². The van der Waals surface area contributed by atoms with Crippen molar-refractivity contribution in [3.63, 3.8) is 0 Å². The van der Waals surface area contributed by atoms with Gasteiger partial charge < -0.3 is 9.47 Å². The maximum Gasteiger partial charge on any atom is 0.416 e. The Labute approximate surface area is 112 Å². The van der Waals surface area contributed by atoms with Crippen LogP contribution in [0.3, 0.4) is 0 Å². The van der Waals surface area contributed by atoms with Gasteiger partial charge in [0.25, 0.3) is 0 Å². The van der Waals surface area contributed by atoms with E-state index in [2.05, 4.69) is 4.98 Å². The van der Waals surface area contributed by atoms with Gasteiger partial charge in [0.2, 0.25) is 0 Å². The molecule has 7 heteroatoms. The molecule has 20 heavy (non-hydrogen) atoms. The Balaban J connectivity index is 1.89. The molecule has 3 rings (SSSR count).